The van der Waals surface area contributed by atoms with Crippen molar-refractivity contribution in [3.05, 3.63) is 74.4 Å². The Labute approximate surface area is 198 Å². The summed E-state index contributed by atoms with van der Waals surface area (Å²) in [6.07, 6.45) is 8.06. The summed E-state index contributed by atoms with van der Waals surface area (Å²) in [6, 6.07) is 8.06. The average Bonchev–Trinajstić information content (AvgIpc) is 2.50. The van der Waals surface area contributed by atoms with E-state index in [1.807, 2.05) is 48.6 Å². The maximum atomic E-state index is 5.63. The molecule has 0 radical (unpaired) electrons. The number of hydrogen-bond donors (Lipinski definition) is 0. The second kappa shape index (κ2) is 10.9. The lowest BCUT2D eigenvalue weighted by atomic mass is 10.2. The lowest BCUT2D eigenvalue weighted by Crippen LogP contribution is -1.91. The van der Waals surface area contributed by atoms with Gasteiger partial charge in [-0.1, -0.05) is 120 Å². The summed E-state index contributed by atoms with van der Waals surface area (Å²) in [5.74, 6) is 0. The van der Waals surface area contributed by atoms with Gasteiger partial charge in [-0.15, -0.1) is 0 Å². The second-order valence-corrected chi connectivity index (χ2v) is 10.2. The van der Waals surface area contributed by atoms with E-state index in [0.717, 1.165) is 38.0 Å². The molecule has 0 N–H and O–H groups in total. The third-order valence-corrected chi connectivity index (χ3v) is 6.62. The molecule has 0 unspecified atom stereocenters. The first-order valence-corrected chi connectivity index (χ1v) is 11.8. The van der Waals surface area contributed by atoms with Crippen molar-refractivity contribution in [2.45, 2.75) is 0 Å². The Bertz CT molecular complexity index is 700. The summed E-state index contributed by atoms with van der Waals surface area (Å²) in [6.45, 7) is 1.09. The Morgan fingerprint density at radius 2 is 0.920 bits per heavy atom. The second-order valence-electron chi connectivity index (χ2n) is 4.91. The highest BCUT2D eigenvalue weighted by Crippen LogP contribution is 2.31. The number of hydrogen-bond acceptors (Lipinski definition) is 1. The normalized spacial score (nSPS) is 11.8. The first-order valence-electron chi connectivity index (χ1n) is 7.08. The van der Waals surface area contributed by atoms with Gasteiger partial charge in [-0.25, -0.2) is 0 Å². The van der Waals surface area contributed by atoms with Gasteiger partial charge in [0.1, 0.15) is 0 Å². The van der Waals surface area contributed by atoms with Gasteiger partial charge in [-0.2, -0.15) is 0 Å². The molecular weight excluding hydrogens is 712 g/mol. The molecule has 0 heterocycles. The maximum Gasteiger partial charge on any atom is 0.0655 e. The molecular formula is C18H12Br6O. The minimum absolute atomic E-state index is 0.544. The molecule has 132 valence electrons. The van der Waals surface area contributed by atoms with Crippen molar-refractivity contribution in [1.29, 1.82) is 0 Å². The van der Waals surface area contributed by atoms with Crippen LogP contribution in [0.25, 0.3) is 12.2 Å². The van der Waals surface area contributed by atoms with E-state index < -0.39 is 0 Å². The van der Waals surface area contributed by atoms with Crippen LogP contribution in [-0.4, -0.2) is 13.2 Å². The smallest absolute Gasteiger partial charge is 0.0655 e. The summed E-state index contributed by atoms with van der Waals surface area (Å²) >= 11 is 21.2. The predicted molar refractivity (Wildman–Crippen MR) is 128 cm³/mol. The van der Waals surface area contributed by atoms with Crippen molar-refractivity contribution in [2.24, 2.45) is 0 Å². The van der Waals surface area contributed by atoms with Gasteiger partial charge in [-0.3, -0.25) is 0 Å². The molecule has 2 rings (SSSR count). The quantitative estimate of drug-likeness (QED) is 0.271. The lowest BCUT2D eigenvalue weighted by Gasteiger charge is -2.04. The highest BCUT2D eigenvalue weighted by atomic mass is 79.9. The first-order chi connectivity index (χ1) is 11.9. The molecule has 0 spiro atoms. The highest BCUT2D eigenvalue weighted by Gasteiger charge is 2.04. The van der Waals surface area contributed by atoms with Crippen molar-refractivity contribution in [1.82, 2.24) is 0 Å². The maximum absolute atomic E-state index is 5.63. The van der Waals surface area contributed by atoms with Crippen LogP contribution in [0.1, 0.15) is 11.1 Å². The molecule has 7 heteroatoms. The average molecular weight is 724 g/mol. The van der Waals surface area contributed by atoms with Crippen LogP contribution >= 0.6 is 95.6 Å². The summed E-state index contributed by atoms with van der Waals surface area (Å²) in [4.78, 5) is 0. The van der Waals surface area contributed by atoms with Crippen LogP contribution in [0.4, 0.5) is 0 Å². The monoisotopic (exact) mass is 718 g/mol. The van der Waals surface area contributed by atoms with Gasteiger partial charge >= 0.3 is 0 Å². The van der Waals surface area contributed by atoms with Gasteiger partial charge in [0.25, 0.3) is 0 Å². The molecule has 2 aromatic carbocycles. The molecule has 0 amide bonds. The summed E-state index contributed by atoms with van der Waals surface area (Å²) in [7, 11) is 0. The molecule has 0 bridgehead atoms. The van der Waals surface area contributed by atoms with E-state index in [1.165, 1.54) is 0 Å². The van der Waals surface area contributed by atoms with Crippen LogP contribution in [0.5, 0.6) is 0 Å². The van der Waals surface area contributed by atoms with Crippen LogP contribution in [0, 0.1) is 0 Å². The van der Waals surface area contributed by atoms with Gasteiger partial charge in [0.15, 0.2) is 0 Å². The van der Waals surface area contributed by atoms with E-state index in [2.05, 4.69) is 95.6 Å². The first kappa shape index (κ1) is 22.1. The zero-order valence-electron chi connectivity index (χ0n) is 12.7. The van der Waals surface area contributed by atoms with Crippen molar-refractivity contribution in [3.8, 4) is 0 Å². The Kier molecular flexibility index (Phi) is 9.64. The van der Waals surface area contributed by atoms with Crippen molar-refractivity contribution >= 4 is 108 Å². The SMILES string of the molecule is Brc1cc(Br)c(C=CCOCC=Cc2c(Br)cc(Br)cc2Br)c(Br)c1. The molecule has 1 nitrogen and oxygen atoms in total. The summed E-state index contributed by atoms with van der Waals surface area (Å²) in [5, 5.41) is 0. The Morgan fingerprint density at radius 3 is 1.24 bits per heavy atom. The zero-order chi connectivity index (χ0) is 18.4. The molecule has 0 aliphatic rings. The third kappa shape index (κ3) is 7.01. The number of benzene rings is 2. The predicted octanol–water partition coefficient (Wildman–Crippen LogP) is 9.00. The minimum Gasteiger partial charge on any atom is -0.373 e. The number of halogens is 6. The van der Waals surface area contributed by atoms with Crippen molar-refractivity contribution in [2.75, 3.05) is 13.2 Å². The van der Waals surface area contributed by atoms with Crippen LogP contribution < -0.4 is 0 Å². The topological polar surface area (TPSA) is 9.23 Å². The fraction of sp³-hybridized carbons (Fsp3) is 0.111. The fourth-order valence-electron chi connectivity index (χ4n) is 1.96. The van der Waals surface area contributed by atoms with Gasteiger partial charge < -0.3 is 4.74 Å². The van der Waals surface area contributed by atoms with Crippen LogP contribution in [0.15, 0.2) is 63.3 Å². The molecule has 0 atom stereocenters. The molecule has 0 aliphatic carbocycles. The fourth-order valence-corrected chi connectivity index (χ4v) is 7.01. The minimum atomic E-state index is 0.544. The van der Waals surface area contributed by atoms with Gasteiger partial charge in [0.05, 0.1) is 13.2 Å². The van der Waals surface area contributed by atoms with E-state index >= 15 is 0 Å². The molecule has 0 aliphatic heterocycles. The zero-order valence-corrected chi connectivity index (χ0v) is 22.2. The van der Waals surface area contributed by atoms with E-state index in [1.54, 1.807) is 0 Å². The third-order valence-electron chi connectivity index (χ3n) is 3.08. The van der Waals surface area contributed by atoms with E-state index in [-0.39, 0.29) is 0 Å². The van der Waals surface area contributed by atoms with Crippen molar-refractivity contribution in [3.63, 3.8) is 0 Å². The lowest BCUT2D eigenvalue weighted by molar-refractivity contribution is 0.195. The van der Waals surface area contributed by atoms with E-state index in [0.29, 0.717) is 13.2 Å². The Hall–Kier alpha value is 0.760. The highest BCUT2D eigenvalue weighted by molar-refractivity contribution is 9.12. The Balaban J connectivity index is 1.86. The molecule has 0 aromatic heterocycles. The van der Waals surface area contributed by atoms with Crippen LogP contribution in [0.3, 0.4) is 0 Å². The van der Waals surface area contributed by atoms with Crippen LogP contribution in [-0.2, 0) is 4.74 Å². The van der Waals surface area contributed by atoms with Gasteiger partial charge in [-0.05, 0) is 24.3 Å². The molecule has 0 saturated heterocycles. The number of rotatable bonds is 6. The largest absolute Gasteiger partial charge is 0.373 e. The van der Waals surface area contributed by atoms with Crippen molar-refractivity contribution < 1.29 is 4.74 Å². The van der Waals surface area contributed by atoms with E-state index in [4.69, 9.17) is 4.74 Å². The molecule has 0 fully saturated rings. The molecule has 25 heavy (non-hydrogen) atoms. The van der Waals surface area contributed by atoms with Gasteiger partial charge in [0, 0.05) is 38.0 Å². The van der Waals surface area contributed by atoms with Crippen LogP contribution in [0.2, 0.25) is 0 Å². The summed E-state index contributed by atoms with van der Waals surface area (Å²) < 4.78 is 11.8. The standard InChI is InChI=1S/C18H12Br6O/c19-11-7-15(21)13(16(22)8-11)3-1-5-25-6-2-4-14-17(23)9-12(20)10-18(14)24/h1-4,7-10H,5-6H2. The summed E-state index contributed by atoms with van der Waals surface area (Å²) in [5.41, 5.74) is 2.18. The molecule has 0 saturated carbocycles. The van der Waals surface area contributed by atoms with E-state index in [9.17, 15) is 0 Å². The number of ether oxygens (including phenoxy) is 1. The molecule has 2 aromatic rings. The van der Waals surface area contributed by atoms with Gasteiger partial charge in [0.2, 0.25) is 0 Å². The Morgan fingerprint density at radius 1 is 0.600 bits per heavy atom.